The van der Waals surface area contributed by atoms with Crippen molar-refractivity contribution in [3.05, 3.63) is 68.5 Å². The van der Waals surface area contributed by atoms with Gasteiger partial charge in [-0.2, -0.15) is 5.10 Å². The topological polar surface area (TPSA) is 175 Å². The molecule has 0 unspecified atom stereocenters. The third kappa shape index (κ3) is 5.91. The molecule has 2 amide bonds. The molecule has 4 rings (SSSR count). The molecule has 1 atom stereocenters. The second-order valence-corrected chi connectivity index (χ2v) is 9.73. The molecule has 0 aliphatic rings. The van der Waals surface area contributed by atoms with Crippen LogP contribution in [0.5, 0.6) is 5.75 Å². The number of aromatic nitrogens is 2. The van der Waals surface area contributed by atoms with Crippen LogP contribution >= 0.6 is 0 Å². The Balaban J connectivity index is 1.46. The maximum absolute atomic E-state index is 12.3. The number of hydrogen-bond acceptors (Lipinski definition) is 9. The molecule has 0 aliphatic carbocycles. The van der Waals surface area contributed by atoms with Crippen molar-refractivity contribution in [1.82, 2.24) is 15.5 Å². The van der Waals surface area contributed by atoms with Crippen LogP contribution in [0.15, 0.2) is 52.1 Å². The van der Waals surface area contributed by atoms with Crippen molar-refractivity contribution in [2.24, 2.45) is 0 Å². The van der Waals surface area contributed by atoms with E-state index in [0.717, 1.165) is 5.56 Å². The average molecular weight is 521 g/mol. The van der Waals surface area contributed by atoms with Gasteiger partial charge in [-0.15, -0.1) is 0 Å². The molecule has 1 heterocycles. The number of carbonyl (C=O) groups excluding carboxylic acids is 2. The predicted molar refractivity (Wildman–Crippen MR) is 144 cm³/mol. The first kappa shape index (κ1) is 26.2. The lowest BCUT2D eigenvalue weighted by Gasteiger charge is -2.20. The molecule has 0 saturated carbocycles. The second kappa shape index (κ2) is 10.2. The Morgan fingerprint density at radius 2 is 1.82 bits per heavy atom. The molecule has 198 valence electrons. The van der Waals surface area contributed by atoms with Crippen LogP contribution < -0.4 is 32.1 Å². The van der Waals surface area contributed by atoms with E-state index in [9.17, 15) is 24.3 Å². The van der Waals surface area contributed by atoms with Crippen LogP contribution in [0.4, 0.5) is 27.7 Å². The first-order valence-corrected chi connectivity index (χ1v) is 11.8. The van der Waals surface area contributed by atoms with Crippen molar-refractivity contribution < 1.29 is 19.4 Å². The van der Waals surface area contributed by atoms with Crippen LogP contribution in [0.3, 0.4) is 0 Å². The fourth-order valence-corrected chi connectivity index (χ4v) is 3.72. The number of benzene rings is 2. The zero-order valence-corrected chi connectivity index (χ0v) is 21.3. The molecule has 0 aliphatic heterocycles. The first-order valence-electron chi connectivity index (χ1n) is 11.8. The number of alkyl carbamates (subject to hydrolysis) is 1. The molecule has 0 saturated heterocycles. The minimum atomic E-state index is -0.721. The Kier molecular flexibility index (Phi) is 7.06. The quantitative estimate of drug-likeness (QED) is 0.191. The molecule has 38 heavy (non-hydrogen) atoms. The fraction of sp³-hybridized carbons (Fsp3) is 0.269. The summed E-state index contributed by atoms with van der Waals surface area (Å²) >= 11 is 0. The summed E-state index contributed by atoms with van der Waals surface area (Å²) in [5, 5.41) is 28.2. The number of aromatic amines is 1. The number of carbonyl (C=O) groups is 2. The Morgan fingerprint density at radius 3 is 2.53 bits per heavy atom. The molecular weight excluding hydrogens is 492 g/mol. The van der Waals surface area contributed by atoms with Crippen molar-refractivity contribution in [3.8, 4) is 5.75 Å². The normalized spacial score (nSPS) is 12.2. The van der Waals surface area contributed by atoms with E-state index < -0.39 is 28.5 Å². The third-order valence-corrected chi connectivity index (χ3v) is 5.52. The molecule has 6 N–H and O–H groups in total. The number of ether oxygens (including phenoxy) is 1. The van der Waals surface area contributed by atoms with Gasteiger partial charge in [-0.1, -0.05) is 12.1 Å². The number of nitrogens with one attached hydrogen (secondary N) is 5. The number of amides is 2. The van der Waals surface area contributed by atoms with E-state index in [1.807, 2.05) is 0 Å². The number of aromatic hydroxyl groups is 1. The first-order chi connectivity index (χ1) is 17.9. The van der Waals surface area contributed by atoms with Gasteiger partial charge in [0.15, 0.2) is 5.82 Å². The minimum absolute atomic E-state index is 0.0939. The van der Waals surface area contributed by atoms with E-state index in [-0.39, 0.29) is 35.5 Å². The zero-order chi connectivity index (χ0) is 27.6. The number of hydrogen-bond donors (Lipinski definition) is 6. The molecule has 12 nitrogen and oxygen atoms in total. The summed E-state index contributed by atoms with van der Waals surface area (Å²) < 4.78 is 5.11. The van der Waals surface area contributed by atoms with Crippen molar-refractivity contribution in [2.75, 3.05) is 22.5 Å². The van der Waals surface area contributed by atoms with Gasteiger partial charge in [0.05, 0.1) is 5.52 Å². The summed E-state index contributed by atoms with van der Waals surface area (Å²) in [5.74, 6) is -0.200. The second-order valence-electron chi connectivity index (χ2n) is 9.73. The van der Waals surface area contributed by atoms with E-state index in [1.165, 1.54) is 0 Å². The van der Waals surface area contributed by atoms with Crippen LogP contribution in [-0.2, 0) is 9.53 Å². The van der Waals surface area contributed by atoms with Gasteiger partial charge in [0.2, 0.25) is 5.91 Å². The lowest BCUT2D eigenvalue weighted by Crippen LogP contribution is -2.37. The van der Waals surface area contributed by atoms with Crippen LogP contribution in [0, 0.1) is 0 Å². The van der Waals surface area contributed by atoms with E-state index in [4.69, 9.17) is 4.74 Å². The van der Waals surface area contributed by atoms with Crippen LogP contribution in [0.25, 0.3) is 10.9 Å². The summed E-state index contributed by atoms with van der Waals surface area (Å²) in [6.07, 6.45) is -0.721. The molecule has 0 fully saturated rings. The number of anilines is 4. The Labute approximate surface area is 217 Å². The maximum atomic E-state index is 12.3. The number of fused-ring (bicyclic) bond motifs is 1. The van der Waals surface area contributed by atoms with Gasteiger partial charge >= 0.3 is 6.09 Å². The highest BCUT2D eigenvalue weighted by molar-refractivity contribution is 6.02. The highest BCUT2D eigenvalue weighted by Gasteiger charge is 2.23. The Morgan fingerprint density at radius 1 is 1.08 bits per heavy atom. The number of H-pyrrole nitrogens is 1. The van der Waals surface area contributed by atoms with Crippen LogP contribution in [0.1, 0.15) is 39.3 Å². The lowest BCUT2D eigenvalue weighted by molar-refractivity contribution is -0.115. The van der Waals surface area contributed by atoms with Gasteiger partial charge in [0.1, 0.15) is 29.3 Å². The summed E-state index contributed by atoms with van der Waals surface area (Å²) in [6.45, 7) is 6.63. The van der Waals surface area contributed by atoms with E-state index in [2.05, 4.69) is 31.5 Å². The Hall–Kier alpha value is -4.87. The highest BCUT2D eigenvalue weighted by atomic mass is 16.6. The number of phenolic OH excluding ortho intramolecular Hbond substituents is 1. The van der Waals surface area contributed by atoms with Crippen LogP contribution in [0.2, 0.25) is 0 Å². The zero-order valence-electron chi connectivity index (χ0n) is 21.3. The SMILES string of the molecule is C[C@@H](Nc1c(Nc2ccc3[nH]nc(NC(=O)CNC(=O)OC(C)(C)C)c3c2)c(=O)c1=O)c1cccc(O)c1. The molecule has 1 aromatic heterocycles. The molecule has 12 heteroatoms. The summed E-state index contributed by atoms with van der Waals surface area (Å²) in [5.41, 5.74) is 0.0942. The smallest absolute Gasteiger partial charge is 0.408 e. The van der Waals surface area contributed by atoms with Crippen molar-refractivity contribution >= 4 is 45.8 Å². The molecule has 0 spiro atoms. The van der Waals surface area contributed by atoms with Gasteiger partial charge in [0, 0.05) is 17.1 Å². The van der Waals surface area contributed by atoms with E-state index in [0.29, 0.717) is 16.6 Å². The molecule has 4 aromatic rings. The Bertz CT molecular complexity index is 1580. The van der Waals surface area contributed by atoms with Crippen molar-refractivity contribution in [1.29, 1.82) is 0 Å². The largest absolute Gasteiger partial charge is 0.508 e. The summed E-state index contributed by atoms with van der Waals surface area (Å²) in [4.78, 5) is 48.7. The molecule has 3 aromatic carbocycles. The fourth-order valence-electron chi connectivity index (χ4n) is 3.72. The van der Waals surface area contributed by atoms with Crippen molar-refractivity contribution in [3.63, 3.8) is 0 Å². The lowest BCUT2D eigenvalue weighted by atomic mass is 10.1. The third-order valence-electron chi connectivity index (χ3n) is 5.52. The van der Waals surface area contributed by atoms with E-state index in [1.54, 1.807) is 70.2 Å². The molecule has 0 bridgehead atoms. The van der Waals surface area contributed by atoms with Gasteiger partial charge in [-0.3, -0.25) is 19.5 Å². The van der Waals surface area contributed by atoms with Crippen molar-refractivity contribution in [2.45, 2.75) is 39.3 Å². The van der Waals surface area contributed by atoms with Crippen LogP contribution in [-0.4, -0.2) is 39.5 Å². The summed E-state index contributed by atoms with van der Waals surface area (Å²) in [6, 6.07) is 11.3. The van der Waals surface area contributed by atoms with Gasteiger partial charge in [-0.25, -0.2) is 4.79 Å². The van der Waals surface area contributed by atoms with E-state index >= 15 is 0 Å². The summed E-state index contributed by atoms with van der Waals surface area (Å²) in [7, 11) is 0. The van der Waals surface area contributed by atoms with Gasteiger partial charge in [-0.05, 0) is 63.6 Å². The number of rotatable bonds is 8. The predicted octanol–water partition coefficient (Wildman–Crippen LogP) is 3.24. The number of phenols is 1. The van der Waals surface area contributed by atoms with Gasteiger partial charge < -0.3 is 31.1 Å². The minimum Gasteiger partial charge on any atom is -0.508 e. The maximum Gasteiger partial charge on any atom is 0.408 e. The average Bonchev–Trinajstić information content (AvgIpc) is 3.25. The molecule has 0 radical (unpaired) electrons. The monoisotopic (exact) mass is 520 g/mol. The standard InChI is InChI=1S/C26H28N6O6/c1-13(14-6-5-7-16(33)10-14)28-20-21(23(36)22(20)35)29-15-8-9-18-17(11-15)24(32-31-18)30-19(34)12-27-25(37)38-26(2,3)4/h5-11,13,28-29,33H,12H2,1-4H3,(H,27,37)(H2,30,31,32,34)/t13-/m1/s1. The van der Waals surface area contributed by atoms with Gasteiger partial charge in [0.25, 0.3) is 10.9 Å². The highest BCUT2D eigenvalue weighted by Crippen LogP contribution is 2.29. The molecular formula is C26H28N6O6. The number of nitrogens with zero attached hydrogens (tertiary/aromatic N) is 1.